The molecule has 0 amide bonds. The summed E-state index contributed by atoms with van der Waals surface area (Å²) in [5.41, 5.74) is 4.80. The highest BCUT2D eigenvalue weighted by atomic mass is 32.1. The Hall–Kier alpha value is -3.90. The first-order chi connectivity index (χ1) is 20.0. The van der Waals surface area contributed by atoms with E-state index in [1.54, 1.807) is 6.07 Å². The number of carbonyl (C=O) groups is 1. The number of thiazole rings is 1. The summed E-state index contributed by atoms with van der Waals surface area (Å²) in [6.07, 6.45) is 7.30. The Kier molecular flexibility index (Phi) is 7.67. The number of carboxylic acid groups (broad SMARTS) is 1. The van der Waals surface area contributed by atoms with Gasteiger partial charge in [0.25, 0.3) is 5.56 Å². The molecule has 41 heavy (non-hydrogen) atoms. The van der Waals surface area contributed by atoms with E-state index in [1.807, 2.05) is 37.3 Å². The van der Waals surface area contributed by atoms with Crippen molar-refractivity contribution in [2.45, 2.75) is 64.7 Å². The zero-order valence-electron chi connectivity index (χ0n) is 23.6. The number of hydrogen-bond donors (Lipinski definition) is 1. The van der Waals surface area contributed by atoms with Crippen molar-refractivity contribution in [3.63, 3.8) is 0 Å². The van der Waals surface area contributed by atoms with E-state index in [0.29, 0.717) is 23.8 Å². The second kappa shape index (κ2) is 11.5. The summed E-state index contributed by atoms with van der Waals surface area (Å²) >= 11 is 1.43. The minimum Gasteiger partial charge on any atom is -0.493 e. The maximum absolute atomic E-state index is 13.6. The van der Waals surface area contributed by atoms with Gasteiger partial charge in [-0.25, -0.2) is 4.79 Å². The number of ether oxygens (including phenoxy) is 1. The van der Waals surface area contributed by atoms with E-state index in [1.165, 1.54) is 44.9 Å². The Morgan fingerprint density at radius 3 is 2.56 bits per heavy atom. The highest BCUT2D eigenvalue weighted by molar-refractivity contribution is 7.21. The van der Waals surface area contributed by atoms with Crippen molar-refractivity contribution in [1.82, 2.24) is 4.40 Å². The summed E-state index contributed by atoms with van der Waals surface area (Å²) in [4.78, 5) is 27.6. The Labute approximate surface area is 244 Å². The number of unbranched alkanes of at least 4 members (excludes halogenated alkanes) is 3. The van der Waals surface area contributed by atoms with Crippen molar-refractivity contribution in [3.05, 3.63) is 105 Å². The number of benzene rings is 3. The third-order valence-electron chi connectivity index (χ3n) is 8.08. The van der Waals surface area contributed by atoms with Crippen molar-refractivity contribution >= 4 is 32.9 Å². The van der Waals surface area contributed by atoms with Gasteiger partial charge in [-0.2, -0.15) is 0 Å². The van der Waals surface area contributed by atoms with Gasteiger partial charge >= 0.3 is 5.97 Å². The minimum absolute atomic E-state index is 0.0428. The van der Waals surface area contributed by atoms with Gasteiger partial charge in [0.1, 0.15) is 10.6 Å². The predicted octanol–water partition coefficient (Wildman–Crippen LogP) is 8.62. The number of carboxylic acids is 1. The quantitative estimate of drug-likeness (QED) is 0.163. The van der Waals surface area contributed by atoms with Crippen molar-refractivity contribution in [2.24, 2.45) is 0 Å². The number of aromatic carboxylic acids is 1. The molecule has 5 nitrogen and oxygen atoms in total. The van der Waals surface area contributed by atoms with E-state index in [0.717, 1.165) is 58.5 Å². The molecule has 0 unspecified atom stereocenters. The molecule has 5 aromatic rings. The molecule has 0 aliphatic heterocycles. The fraction of sp³-hybridized carbons (Fsp3) is 0.314. The van der Waals surface area contributed by atoms with E-state index in [-0.39, 0.29) is 11.3 Å². The summed E-state index contributed by atoms with van der Waals surface area (Å²) in [6, 6.07) is 22.1. The zero-order chi connectivity index (χ0) is 28.5. The summed E-state index contributed by atoms with van der Waals surface area (Å²) < 4.78 is 7.46. The number of aromatic nitrogens is 1. The lowest BCUT2D eigenvalue weighted by Crippen LogP contribution is -2.19. The molecule has 0 radical (unpaired) electrons. The largest absolute Gasteiger partial charge is 0.493 e. The molecule has 0 spiro atoms. The SMILES string of the molecule is CCCCCCOc1ccc(-c2sc3c(C4CC4)c(Cc4cccc5ccccc45)cc(=O)n3c2C(=O)O)cc1C. The van der Waals surface area contributed by atoms with Crippen LogP contribution in [0.25, 0.3) is 26.0 Å². The number of hydrogen-bond acceptors (Lipinski definition) is 4. The van der Waals surface area contributed by atoms with Crippen molar-refractivity contribution in [2.75, 3.05) is 6.61 Å². The number of rotatable bonds is 11. The van der Waals surface area contributed by atoms with E-state index in [4.69, 9.17) is 4.74 Å². The van der Waals surface area contributed by atoms with Crippen LogP contribution in [0.5, 0.6) is 5.75 Å². The third-order valence-corrected chi connectivity index (χ3v) is 9.31. The fourth-order valence-corrected chi connectivity index (χ4v) is 7.26. The molecular weight excluding hydrogens is 530 g/mol. The van der Waals surface area contributed by atoms with Crippen LogP contribution < -0.4 is 10.3 Å². The topological polar surface area (TPSA) is 68.0 Å². The van der Waals surface area contributed by atoms with Crippen LogP contribution in [0, 0.1) is 6.92 Å². The normalized spacial score (nSPS) is 13.2. The van der Waals surface area contributed by atoms with Crippen LogP contribution in [0.4, 0.5) is 0 Å². The van der Waals surface area contributed by atoms with Gasteiger partial charge in [-0.3, -0.25) is 9.20 Å². The van der Waals surface area contributed by atoms with E-state index in [9.17, 15) is 14.7 Å². The van der Waals surface area contributed by atoms with Gasteiger partial charge in [-0.15, -0.1) is 11.3 Å². The molecular formula is C35H35NO4S. The maximum atomic E-state index is 13.6. The van der Waals surface area contributed by atoms with Crippen LogP contribution in [-0.4, -0.2) is 22.1 Å². The number of aryl methyl sites for hydroxylation is 1. The van der Waals surface area contributed by atoms with Crippen LogP contribution in [0.1, 0.15) is 84.1 Å². The summed E-state index contributed by atoms with van der Waals surface area (Å²) in [7, 11) is 0. The molecule has 0 saturated heterocycles. The lowest BCUT2D eigenvalue weighted by molar-refractivity contribution is 0.0690. The molecule has 6 rings (SSSR count). The van der Waals surface area contributed by atoms with Gasteiger partial charge in [-0.05, 0) is 95.3 Å². The highest BCUT2D eigenvalue weighted by Crippen LogP contribution is 2.47. The van der Waals surface area contributed by atoms with Crippen molar-refractivity contribution in [3.8, 4) is 16.2 Å². The fourth-order valence-electron chi connectivity index (χ4n) is 5.87. The highest BCUT2D eigenvalue weighted by Gasteiger charge is 2.32. The third kappa shape index (κ3) is 5.41. The molecule has 210 valence electrons. The predicted molar refractivity (Wildman–Crippen MR) is 167 cm³/mol. The lowest BCUT2D eigenvalue weighted by atomic mass is 9.95. The maximum Gasteiger partial charge on any atom is 0.354 e. The van der Waals surface area contributed by atoms with Gasteiger partial charge < -0.3 is 9.84 Å². The van der Waals surface area contributed by atoms with Crippen molar-refractivity contribution in [1.29, 1.82) is 0 Å². The molecule has 1 aliphatic rings. The van der Waals surface area contributed by atoms with Crippen LogP contribution in [0.2, 0.25) is 0 Å². The van der Waals surface area contributed by atoms with Crippen LogP contribution in [-0.2, 0) is 6.42 Å². The van der Waals surface area contributed by atoms with Gasteiger partial charge in [0, 0.05) is 6.07 Å². The van der Waals surface area contributed by atoms with Crippen LogP contribution in [0.3, 0.4) is 0 Å². The van der Waals surface area contributed by atoms with Gasteiger partial charge in [0.05, 0.1) is 11.5 Å². The van der Waals surface area contributed by atoms with Gasteiger partial charge in [-0.1, -0.05) is 68.7 Å². The average Bonchev–Trinajstić information content (AvgIpc) is 3.71. The lowest BCUT2D eigenvalue weighted by Gasteiger charge is -2.13. The Balaban J connectivity index is 1.43. The molecule has 0 atom stereocenters. The van der Waals surface area contributed by atoms with Crippen LogP contribution in [0.15, 0.2) is 71.5 Å². The van der Waals surface area contributed by atoms with Gasteiger partial charge in [0.2, 0.25) is 0 Å². The summed E-state index contributed by atoms with van der Waals surface area (Å²) in [5.74, 6) is 0.0659. The van der Waals surface area contributed by atoms with E-state index < -0.39 is 5.97 Å². The zero-order valence-corrected chi connectivity index (χ0v) is 24.4. The van der Waals surface area contributed by atoms with Crippen LogP contribution >= 0.6 is 11.3 Å². The first-order valence-corrected chi connectivity index (χ1v) is 15.4. The molecule has 2 aromatic heterocycles. The van der Waals surface area contributed by atoms with Crippen molar-refractivity contribution < 1.29 is 14.6 Å². The molecule has 1 N–H and O–H groups in total. The molecule has 3 aromatic carbocycles. The Bertz CT molecular complexity index is 1810. The number of fused-ring (bicyclic) bond motifs is 2. The van der Waals surface area contributed by atoms with Gasteiger partial charge in [0.15, 0.2) is 5.69 Å². The smallest absolute Gasteiger partial charge is 0.354 e. The minimum atomic E-state index is -1.09. The molecule has 1 fully saturated rings. The molecule has 1 aliphatic carbocycles. The molecule has 6 heteroatoms. The number of pyridine rings is 1. The standard InChI is InChI=1S/C35H35NO4S/c1-3-4-5-8-18-40-29-17-16-26(19-22(29)2)33-32(35(38)39)36-30(37)21-27(31(24-14-15-24)34(36)41-33)20-25-12-9-11-23-10-6-7-13-28(23)25/h6-7,9-13,16-17,19,21,24H,3-5,8,14-15,18,20H2,1-2H3,(H,38,39). The first-order valence-electron chi connectivity index (χ1n) is 14.6. The summed E-state index contributed by atoms with van der Waals surface area (Å²) in [5, 5.41) is 12.7. The van der Waals surface area contributed by atoms with E-state index >= 15 is 0 Å². The monoisotopic (exact) mass is 565 g/mol. The Morgan fingerprint density at radius 1 is 1.00 bits per heavy atom. The summed E-state index contributed by atoms with van der Waals surface area (Å²) in [6.45, 7) is 4.85. The average molecular weight is 566 g/mol. The second-order valence-electron chi connectivity index (χ2n) is 11.1. The first kappa shape index (κ1) is 27.3. The Morgan fingerprint density at radius 2 is 1.80 bits per heavy atom. The van der Waals surface area contributed by atoms with E-state index in [2.05, 4.69) is 37.3 Å². The molecule has 1 saturated carbocycles. The molecule has 0 bridgehead atoms. The molecule has 2 heterocycles. The second-order valence-corrected chi connectivity index (χ2v) is 12.1. The number of nitrogens with zero attached hydrogens (tertiary/aromatic N) is 1.